The monoisotopic (exact) mass is 462 g/mol. The van der Waals surface area contributed by atoms with Gasteiger partial charge in [-0.05, 0) is 48.9 Å². The smallest absolute Gasteiger partial charge is 0.273 e. The van der Waals surface area contributed by atoms with Gasteiger partial charge < -0.3 is 0 Å². The van der Waals surface area contributed by atoms with Crippen LogP contribution in [0.2, 0.25) is 5.02 Å². The quantitative estimate of drug-likeness (QED) is 0.367. The van der Waals surface area contributed by atoms with Crippen molar-refractivity contribution in [2.24, 2.45) is 23.7 Å². The molecular formula is C26H23ClN2O4. The first-order valence-electron chi connectivity index (χ1n) is 11.2. The zero-order chi connectivity index (χ0) is 23.3. The molecule has 0 spiro atoms. The number of ketones is 1. The standard InChI is InChI=1S/C26H23ClN2O4/c1-2-20(23(30)15-6-4-3-5-7-15)28(24(31)16-10-12-19(27)13-11-16)29-25(32)21-17-8-9-18(14-17)22(21)26(29)33/h3-13,17-18,20-22H,2,14H2,1H3/t17-,18-,20+,21+,22+/m0/s1. The van der Waals surface area contributed by atoms with Gasteiger partial charge in [-0.25, -0.2) is 5.01 Å². The van der Waals surface area contributed by atoms with Gasteiger partial charge in [0.15, 0.2) is 5.78 Å². The molecular weight excluding hydrogens is 440 g/mol. The molecule has 0 radical (unpaired) electrons. The normalized spacial score (nSPS) is 25.9. The Bertz CT molecular complexity index is 1130. The summed E-state index contributed by atoms with van der Waals surface area (Å²) in [7, 11) is 0. The molecule has 6 nitrogen and oxygen atoms in total. The molecule has 1 saturated carbocycles. The van der Waals surface area contributed by atoms with Crippen LogP contribution in [0.1, 0.15) is 40.5 Å². The van der Waals surface area contributed by atoms with Crippen LogP contribution >= 0.6 is 11.6 Å². The number of fused-ring (bicyclic) bond motifs is 5. The number of rotatable bonds is 6. The average Bonchev–Trinajstić information content (AvgIpc) is 3.52. The third kappa shape index (κ3) is 3.40. The van der Waals surface area contributed by atoms with Crippen LogP contribution in [-0.4, -0.2) is 39.6 Å². The maximum Gasteiger partial charge on any atom is 0.273 e. The lowest BCUT2D eigenvalue weighted by Gasteiger charge is -2.36. The summed E-state index contributed by atoms with van der Waals surface area (Å²) in [4.78, 5) is 54.3. The molecule has 0 unspecified atom stereocenters. The van der Waals surface area contributed by atoms with E-state index >= 15 is 0 Å². The molecule has 3 amide bonds. The molecule has 0 aromatic heterocycles. The summed E-state index contributed by atoms with van der Waals surface area (Å²) in [6.45, 7) is 1.77. The minimum absolute atomic E-state index is 0.00108. The van der Waals surface area contributed by atoms with E-state index in [2.05, 4.69) is 0 Å². The van der Waals surface area contributed by atoms with Crippen LogP contribution in [0.5, 0.6) is 0 Å². The molecule has 7 heteroatoms. The summed E-state index contributed by atoms with van der Waals surface area (Å²) in [5.41, 5.74) is 0.664. The molecule has 1 heterocycles. The predicted octanol–water partition coefficient (Wildman–Crippen LogP) is 4.17. The Morgan fingerprint density at radius 3 is 2.06 bits per heavy atom. The Morgan fingerprint density at radius 1 is 0.939 bits per heavy atom. The van der Waals surface area contributed by atoms with E-state index in [9.17, 15) is 19.2 Å². The van der Waals surface area contributed by atoms with E-state index in [4.69, 9.17) is 11.6 Å². The van der Waals surface area contributed by atoms with Crippen LogP contribution in [0.25, 0.3) is 0 Å². The van der Waals surface area contributed by atoms with Crippen molar-refractivity contribution in [3.63, 3.8) is 0 Å². The van der Waals surface area contributed by atoms with Crippen LogP contribution in [0.15, 0.2) is 66.7 Å². The van der Waals surface area contributed by atoms with Crippen molar-refractivity contribution < 1.29 is 19.2 Å². The number of hydrazine groups is 1. The van der Waals surface area contributed by atoms with Gasteiger partial charge >= 0.3 is 0 Å². The van der Waals surface area contributed by atoms with Crippen molar-refractivity contribution in [2.75, 3.05) is 0 Å². The first-order chi connectivity index (χ1) is 15.9. The first-order valence-corrected chi connectivity index (χ1v) is 11.5. The van der Waals surface area contributed by atoms with Crippen molar-refractivity contribution in [1.29, 1.82) is 0 Å². The fourth-order valence-corrected chi connectivity index (χ4v) is 5.59. The van der Waals surface area contributed by atoms with Crippen LogP contribution in [0.4, 0.5) is 0 Å². The number of allylic oxidation sites excluding steroid dienone is 2. The zero-order valence-corrected chi connectivity index (χ0v) is 18.8. The summed E-state index contributed by atoms with van der Waals surface area (Å²) in [5.74, 6) is -2.65. The molecule has 2 bridgehead atoms. The van der Waals surface area contributed by atoms with Gasteiger partial charge in [-0.1, -0.05) is 61.0 Å². The van der Waals surface area contributed by atoms with E-state index in [1.165, 1.54) is 12.1 Å². The number of Topliss-reactive ketones (excluding diaryl/α,β-unsaturated/α-hetero) is 1. The second kappa shape index (κ2) is 8.27. The summed E-state index contributed by atoms with van der Waals surface area (Å²) < 4.78 is 0. The maximum atomic E-state index is 13.7. The average molecular weight is 463 g/mol. The number of carbonyl (C=O) groups excluding carboxylic acids is 4. The van der Waals surface area contributed by atoms with Gasteiger partial charge in [0.05, 0.1) is 11.8 Å². The molecule has 1 aliphatic heterocycles. The molecule has 0 N–H and O–H groups in total. The van der Waals surface area contributed by atoms with Gasteiger partial charge in [0, 0.05) is 16.1 Å². The van der Waals surface area contributed by atoms with Gasteiger partial charge in [-0.15, -0.1) is 0 Å². The highest BCUT2D eigenvalue weighted by atomic mass is 35.5. The van der Waals surface area contributed by atoms with E-state index < -0.39 is 35.6 Å². The molecule has 3 aliphatic rings. The van der Waals surface area contributed by atoms with Gasteiger partial charge in [0.2, 0.25) is 0 Å². The van der Waals surface area contributed by atoms with Crippen molar-refractivity contribution in [3.8, 4) is 0 Å². The van der Waals surface area contributed by atoms with Crippen LogP contribution in [0, 0.1) is 23.7 Å². The number of hydrogen-bond donors (Lipinski definition) is 0. The third-order valence-corrected chi connectivity index (χ3v) is 7.26. The zero-order valence-electron chi connectivity index (χ0n) is 18.1. The lowest BCUT2D eigenvalue weighted by atomic mass is 9.85. The molecule has 1 saturated heterocycles. The van der Waals surface area contributed by atoms with Crippen LogP contribution in [-0.2, 0) is 9.59 Å². The fourth-order valence-electron chi connectivity index (χ4n) is 5.46. The summed E-state index contributed by atoms with van der Waals surface area (Å²) in [6.07, 6.45) is 5.02. The Balaban J connectivity index is 1.58. The topological polar surface area (TPSA) is 74.8 Å². The number of amides is 3. The van der Waals surface area contributed by atoms with Crippen LogP contribution in [0.3, 0.4) is 0 Å². The highest BCUT2D eigenvalue weighted by Gasteiger charge is 2.62. The molecule has 2 aromatic carbocycles. The number of halogens is 1. The van der Waals surface area contributed by atoms with Crippen molar-refractivity contribution >= 4 is 35.1 Å². The Hall–Kier alpha value is -3.25. The van der Waals surface area contributed by atoms with Gasteiger partial charge in [-0.2, -0.15) is 5.01 Å². The fraction of sp³-hybridized carbons (Fsp3) is 0.308. The number of carbonyl (C=O) groups is 4. The van der Waals surface area contributed by atoms with Crippen molar-refractivity contribution in [2.45, 2.75) is 25.8 Å². The number of imide groups is 1. The molecule has 5 atom stereocenters. The summed E-state index contributed by atoms with van der Waals surface area (Å²) in [5, 5.41) is 2.52. The Labute approximate surface area is 196 Å². The predicted molar refractivity (Wildman–Crippen MR) is 122 cm³/mol. The summed E-state index contributed by atoms with van der Waals surface area (Å²) in [6, 6.07) is 13.8. The van der Waals surface area contributed by atoms with Crippen molar-refractivity contribution in [1.82, 2.24) is 10.0 Å². The largest absolute Gasteiger partial charge is 0.292 e. The number of benzene rings is 2. The molecule has 33 heavy (non-hydrogen) atoms. The van der Waals surface area contributed by atoms with Gasteiger partial charge in [0.25, 0.3) is 17.7 Å². The highest BCUT2D eigenvalue weighted by Crippen LogP contribution is 2.53. The molecule has 5 rings (SSSR count). The van der Waals surface area contributed by atoms with Gasteiger partial charge in [0.1, 0.15) is 6.04 Å². The lowest BCUT2D eigenvalue weighted by molar-refractivity contribution is -0.157. The second-order valence-electron chi connectivity index (χ2n) is 8.80. The van der Waals surface area contributed by atoms with E-state index in [0.29, 0.717) is 10.6 Å². The SMILES string of the molecule is CC[C@H](C(=O)c1ccccc1)N(C(=O)c1ccc(Cl)cc1)N1C(=O)[C@H]2[C@H](C1=O)[C@H]1C=C[C@H]2C1. The molecule has 2 aromatic rings. The third-order valence-electron chi connectivity index (χ3n) is 7.00. The Kier molecular flexibility index (Phi) is 5.41. The maximum absolute atomic E-state index is 13.7. The number of hydrogen-bond acceptors (Lipinski definition) is 4. The minimum atomic E-state index is -1.01. The van der Waals surface area contributed by atoms with E-state index in [0.717, 1.165) is 16.4 Å². The van der Waals surface area contributed by atoms with E-state index in [-0.39, 0.29) is 29.6 Å². The second-order valence-corrected chi connectivity index (χ2v) is 9.24. The molecule has 168 valence electrons. The van der Waals surface area contributed by atoms with E-state index in [1.807, 2.05) is 12.2 Å². The highest BCUT2D eigenvalue weighted by molar-refractivity contribution is 6.30. The lowest BCUT2D eigenvalue weighted by Crippen LogP contribution is -2.57. The van der Waals surface area contributed by atoms with E-state index in [1.54, 1.807) is 49.4 Å². The Morgan fingerprint density at radius 2 is 1.52 bits per heavy atom. The first kappa shape index (κ1) is 21.6. The van der Waals surface area contributed by atoms with Gasteiger partial charge in [-0.3, -0.25) is 19.2 Å². The molecule has 2 fully saturated rings. The van der Waals surface area contributed by atoms with Crippen LogP contribution < -0.4 is 0 Å². The van der Waals surface area contributed by atoms with Crippen molar-refractivity contribution in [3.05, 3.63) is 82.9 Å². The molecule has 2 aliphatic carbocycles. The number of nitrogens with zero attached hydrogens (tertiary/aromatic N) is 2. The minimum Gasteiger partial charge on any atom is -0.292 e. The summed E-state index contributed by atoms with van der Waals surface area (Å²) >= 11 is 5.99.